The van der Waals surface area contributed by atoms with E-state index in [1.807, 2.05) is 0 Å². The molecule has 0 saturated heterocycles. The fourth-order valence-electron chi connectivity index (χ4n) is 2.03. The second kappa shape index (κ2) is 7.41. The Balaban J connectivity index is 1.74. The zero-order valence-electron chi connectivity index (χ0n) is 13.0. The Hall–Kier alpha value is -2.48. The maximum absolute atomic E-state index is 12.3. The summed E-state index contributed by atoms with van der Waals surface area (Å²) in [5.74, 6) is -0.220. The lowest BCUT2D eigenvalue weighted by molar-refractivity contribution is 0.0996. The molecular weight excluding hydrogens is 401 g/mol. The van der Waals surface area contributed by atoms with E-state index in [0.29, 0.717) is 5.69 Å². The first-order chi connectivity index (χ1) is 12.3. The third-order valence-electron chi connectivity index (χ3n) is 3.23. The summed E-state index contributed by atoms with van der Waals surface area (Å²) in [5, 5.41) is 2.82. The number of rotatable bonds is 5. The number of furan rings is 1. The maximum Gasteiger partial charge on any atom is 0.340 e. The van der Waals surface area contributed by atoms with Crippen molar-refractivity contribution in [3.63, 3.8) is 0 Å². The fraction of sp³-hybridized carbons (Fsp3) is 0. The Morgan fingerprint density at radius 2 is 1.77 bits per heavy atom. The van der Waals surface area contributed by atoms with E-state index in [1.165, 1.54) is 54.8 Å². The zero-order valence-corrected chi connectivity index (χ0v) is 15.3. The summed E-state index contributed by atoms with van der Waals surface area (Å²) in [6.07, 6.45) is 1.39. The maximum atomic E-state index is 12.3. The van der Waals surface area contributed by atoms with Crippen LogP contribution in [0, 0.1) is 0 Å². The summed E-state index contributed by atoms with van der Waals surface area (Å²) in [4.78, 5) is 11.6. The second-order valence-electron chi connectivity index (χ2n) is 5.07. The molecule has 6 nitrogen and oxygen atoms in total. The first kappa shape index (κ1) is 18.3. The molecule has 3 aromatic rings. The number of benzene rings is 2. The van der Waals surface area contributed by atoms with Gasteiger partial charge in [0.15, 0.2) is 5.76 Å². The van der Waals surface area contributed by atoms with E-state index in [2.05, 4.69) is 5.32 Å². The standard InChI is InChI=1S/C17H11Cl2NO5S/c18-11-3-8-14(19)16(10-11)26(22,23)25-13-6-4-12(5-7-13)20-17(21)15-2-1-9-24-15/h1-10H,(H,20,21). The molecule has 3 rings (SSSR count). The summed E-state index contributed by atoms with van der Waals surface area (Å²) < 4.78 is 34.7. The SMILES string of the molecule is O=C(Nc1ccc(OS(=O)(=O)c2cc(Cl)ccc2Cl)cc1)c1ccco1. The van der Waals surface area contributed by atoms with Gasteiger partial charge >= 0.3 is 10.1 Å². The van der Waals surface area contributed by atoms with Crippen molar-refractivity contribution in [1.82, 2.24) is 0 Å². The first-order valence-electron chi connectivity index (χ1n) is 7.19. The van der Waals surface area contributed by atoms with Crippen molar-refractivity contribution < 1.29 is 21.8 Å². The third kappa shape index (κ3) is 4.19. The van der Waals surface area contributed by atoms with Gasteiger partial charge in [0, 0.05) is 10.7 Å². The van der Waals surface area contributed by atoms with Gasteiger partial charge in [-0.3, -0.25) is 4.79 Å². The van der Waals surface area contributed by atoms with E-state index < -0.39 is 16.0 Å². The van der Waals surface area contributed by atoms with E-state index >= 15 is 0 Å². The molecule has 9 heteroatoms. The highest BCUT2D eigenvalue weighted by Crippen LogP contribution is 2.28. The number of hydrogen-bond donors (Lipinski definition) is 1. The lowest BCUT2D eigenvalue weighted by atomic mass is 10.3. The van der Waals surface area contributed by atoms with Crippen LogP contribution in [0.3, 0.4) is 0 Å². The predicted octanol–water partition coefficient (Wildman–Crippen LogP) is 4.61. The monoisotopic (exact) mass is 411 g/mol. The van der Waals surface area contributed by atoms with Crippen LogP contribution < -0.4 is 9.50 Å². The Kier molecular flexibility index (Phi) is 5.22. The molecule has 0 aliphatic heterocycles. The number of carbonyl (C=O) groups excluding carboxylic acids is 1. The van der Waals surface area contributed by atoms with E-state index in [0.717, 1.165) is 0 Å². The Labute approximate surface area is 159 Å². The molecule has 0 aliphatic rings. The lowest BCUT2D eigenvalue weighted by Crippen LogP contribution is -2.12. The minimum Gasteiger partial charge on any atom is -0.459 e. The van der Waals surface area contributed by atoms with Crippen LogP contribution in [-0.4, -0.2) is 14.3 Å². The highest BCUT2D eigenvalue weighted by atomic mass is 35.5. The van der Waals surface area contributed by atoms with Crippen molar-refractivity contribution in [2.24, 2.45) is 0 Å². The van der Waals surface area contributed by atoms with E-state index in [1.54, 1.807) is 6.07 Å². The van der Waals surface area contributed by atoms with Crippen molar-refractivity contribution in [3.05, 3.63) is 76.7 Å². The molecule has 1 heterocycles. The number of anilines is 1. The van der Waals surface area contributed by atoms with Crippen molar-refractivity contribution in [2.45, 2.75) is 4.90 Å². The van der Waals surface area contributed by atoms with Crippen LogP contribution >= 0.6 is 23.2 Å². The number of carbonyl (C=O) groups is 1. The van der Waals surface area contributed by atoms with Crippen molar-refractivity contribution in [3.8, 4) is 5.75 Å². The lowest BCUT2D eigenvalue weighted by Gasteiger charge is -2.09. The van der Waals surface area contributed by atoms with Crippen LogP contribution in [0.2, 0.25) is 10.0 Å². The van der Waals surface area contributed by atoms with E-state index in [9.17, 15) is 13.2 Å². The molecule has 0 atom stereocenters. The molecule has 26 heavy (non-hydrogen) atoms. The van der Waals surface area contributed by atoms with Crippen molar-refractivity contribution in [1.29, 1.82) is 0 Å². The summed E-state index contributed by atoms with van der Waals surface area (Å²) in [6, 6.07) is 12.9. The topological polar surface area (TPSA) is 85.6 Å². The van der Waals surface area contributed by atoms with Gasteiger partial charge in [-0.2, -0.15) is 8.42 Å². The molecule has 1 aromatic heterocycles. The smallest absolute Gasteiger partial charge is 0.340 e. The summed E-state index contributed by atoms with van der Waals surface area (Å²) >= 11 is 11.7. The number of nitrogens with one attached hydrogen (secondary N) is 1. The number of amides is 1. The van der Waals surface area contributed by atoms with Crippen LogP contribution in [0.25, 0.3) is 0 Å². The van der Waals surface area contributed by atoms with E-state index in [4.69, 9.17) is 31.8 Å². The molecule has 134 valence electrons. The Morgan fingerprint density at radius 1 is 1.04 bits per heavy atom. The van der Waals surface area contributed by atoms with Gasteiger partial charge in [-0.15, -0.1) is 0 Å². The minimum absolute atomic E-state index is 0.00303. The highest BCUT2D eigenvalue weighted by molar-refractivity contribution is 7.87. The van der Waals surface area contributed by atoms with E-state index in [-0.39, 0.29) is 26.5 Å². The molecule has 1 amide bonds. The molecule has 0 unspecified atom stereocenters. The zero-order chi connectivity index (χ0) is 18.7. The summed E-state index contributed by atoms with van der Waals surface area (Å²) in [7, 11) is -4.16. The molecule has 0 bridgehead atoms. The van der Waals surface area contributed by atoms with Gasteiger partial charge in [0.05, 0.1) is 11.3 Å². The van der Waals surface area contributed by atoms with Gasteiger partial charge in [0.25, 0.3) is 5.91 Å². The highest BCUT2D eigenvalue weighted by Gasteiger charge is 2.21. The molecule has 2 aromatic carbocycles. The van der Waals surface area contributed by atoms with Gasteiger partial charge in [-0.25, -0.2) is 0 Å². The number of hydrogen-bond acceptors (Lipinski definition) is 5. The molecule has 1 N–H and O–H groups in total. The molecular formula is C17H11Cl2NO5S. The fourth-order valence-corrected chi connectivity index (χ4v) is 3.70. The molecule has 0 radical (unpaired) electrons. The average Bonchev–Trinajstić information content (AvgIpc) is 3.13. The largest absolute Gasteiger partial charge is 0.459 e. The van der Waals surface area contributed by atoms with Crippen LogP contribution in [0.4, 0.5) is 5.69 Å². The third-order valence-corrected chi connectivity index (χ3v) is 5.19. The van der Waals surface area contributed by atoms with Gasteiger partial charge in [-0.05, 0) is 54.6 Å². The van der Waals surface area contributed by atoms with Crippen molar-refractivity contribution >= 4 is 44.9 Å². The van der Waals surface area contributed by atoms with Gasteiger partial charge in [0.2, 0.25) is 0 Å². The normalized spacial score (nSPS) is 11.2. The second-order valence-corrected chi connectivity index (χ2v) is 7.43. The van der Waals surface area contributed by atoms with Crippen LogP contribution in [0.5, 0.6) is 5.75 Å². The van der Waals surface area contributed by atoms with Crippen LogP contribution in [0.1, 0.15) is 10.6 Å². The first-order valence-corrected chi connectivity index (χ1v) is 9.36. The average molecular weight is 412 g/mol. The minimum atomic E-state index is -4.16. The predicted molar refractivity (Wildman–Crippen MR) is 97.4 cm³/mol. The summed E-state index contributed by atoms with van der Waals surface area (Å²) in [6.45, 7) is 0. The molecule has 0 spiro atoms. The Bertz CT molecular complexity index is 1030. The van der Waals surface area contributed by atoms with Gasteiger partial charge in [0.1, 0.15) is 10.6 Å². The quantitative estimate of drug-likeness (QED) is 0.619. The van der Waals surface area contributed by atoms with Crippen molar-refractivity contribution in [2.75, 3.05) is 5.32 Å². The Morgan fingerprint density at radius 3 is 2.42 bits per heavy atom. The number of halogens is 2. The van der Waals surface area contributed by atoms with Crippen LogP contribution in [0.15, 0.2) is 70.2 Å². The molecule has 0 fully saturated rings. The molecule has 0 saturated carbocycles. The molecule has 0 aliphatic carbocycles. The summed E-state index contributed by atoms with van der Waals surface area (Å²) in [5.41, 5.74) is 0.442. The van der Waals surface area contributed by atoms with Crippen LogP contribution in [-0.2, 0) is 10.1 Å². The van der Waals surface area contributed by atoms with Gasteiger partial charge in [-0.1, -0.05) is 23.2 Å². The van der Waals surface area contributed by atoms with Gasteiger partial charge < -0.3 is 13.9 Å².